The molecule has 5 heteroatoms. The summed E-state index contributed by atoms with van der Waals surface area (Å²) in [6.45, 7) is 0. The van der Waals surface area contributed by atoms with E-state index in [0.29, 0.717) is 10.9 Å². The fourth-order valence-electron chi connectivity index (χ4n) is 1.50. The first-order chi connectivity index (χ1) is 6.50. The summed E-state index contributed by atoms with van der Waals surface area (Å²) in [5.74, 6) is 0. The lowest BCUT2D eigenvalue weighted by atomic mass is 10.2. The molecule has 1 aromatic heterocycles. The van der Waals surface area contributed by atoms with Crippen molar-refractivity contribution in [1.82, 2.24) is 4.57 Å². The second kappa shape index (κ2) is 2.81. The number of halogens is 1. The van der Waals surface area contributed by atoms with Gasteiger partial charge in [0, 0.05) is 24.1 Å². The molecule has 14 heavy (non-hydrogen) atoms. The number of aromatic nitrogens is 1. The van der Waals surface area contributed by atoms with Crippen LogP contribution in [0, 0.1) is 0 Å². The molecule has 0 saturated carbocycles. The second-order valence-corrected chi connectivity index (χ2v) is 4.37. The van der Waals surface area contributed by atoms with Crippen LogP contribution in [-0.4, -0.2) is 13.0 Å². The molecule has 0 aliphatic carbocycles. The van der Waals surface area contributed by atoms with E-state index in [1.165, 1.54) is 6.20 Å². The summed E-state index contributed by atoms with van der Waals surface area (Å²) in [6, 6.07) is 6.78. The Labute approximate surface area is 81.0 Å². The Hall–Kier alpha value is -1.36. The van der Waals surface area contributed by atoms with Crippen molar-refractivity contribution in [2.24, 2.45) is 7.05 Å². The summed E-state index contributed by atoms with van der Waals surface area (Å²) in [5, 5.41) is 0.414. The SMILES string of the molecule is Cn1cc(S(=O)(=O)F)c2ccccc21. The Morgan fingerprint density at radius 1 is 1.29 bits per heavy atom. The van der Waals surface area contributed by atoms with E-state index in [2.05, 4.69) is 0 Å². The molecule has 1 aromatic carbocycles. The van der Waals surface area contributed by atoms with E-state index < -0.39 is 10.2 Å². The minimum Gasteiger partial charge on any atom is -0.349 e. The highest BCUT2D eigenvalue weighted by Crippen LogP contribution is 2.25. The van der Waals surface area contributed by atoms with Gasteiger partial charge in [0.2, 0.25) is 0 Å². The molecule has 0 fully saturated rings. The van der Waals surface area contributed by atoms with E-state index >= 15 is 0 Å². The number of hydrogen-bond donors (Lipinski definition) is 0. The minimum atomic E-state index is -4.63. The van der Waals surface area contributed by atoms with Crippen molar-refractivity contribution in [2.75, 3.05) is 0 Å². The van der Waals surface area contributed by atoms with Crippen LogP contribution in [0.25, 0.3) is 10.9 Å². The average molecular weight is 213 g/mol. The van der Waals surface area contributed by atoms with Crippen molar-refractivity contribution in [2.45, 2.75) is 4.90 Å². The Morgan fingerprint density at radius 2 is 1.93 bits per heavy atom. The number of rotatable bonds is 1. The fourth-order valence-corrected chi connectivity index (χ4v) is 2.22. The van der Waals surface area contributed by atoms with Gasteiger partial charge >= 0.3 is 10.2 Å². The standard InChI is InChI=1S/C9H8FNO2S/c1-11-6-9(14(10,12)13)7-4-2-3-5-8(7)11/h2-6H,1H3. The second-order valence-electron chi connectivity index (χ2n) is 3.06. The van der Waals surface area contributed by atoms with Crippen molar-refractivity contribution in [1.29, 1.82) is 0 Å². The number of fused-ring (bicyclic) bond motifs is 1. The number of para-hydroxylation sites is 1. The first kappa shape index (κ1) is 9.21. The predicted octanol–water partition coefficient (Wildman–Crippen LogP) is 1.84. The van der Waals surface area contributed by atoms with Crippen molar-refractivity contribution >= 4 is 21.1 Å². The first-order valence-electron chi connectivity index (χ1n) is 3.99. The lowest BCUT2D eigenvalue weighted by molar-refractivity contribution is 0.553. The third kappa shape index (κ3) is 1.29. The number of aryl methyl sites for hydroxylation is 1. The van der Waals surface area contributed by atoms with Crippen LogP contribution in [0.3, 0.4) is 0 Å². The first-order valence-corrected chi connectivity index (χ1v) is 5.37. The van der Waals surface area contributed by atoms with E-state index in [4.69, 9.17) is 0 Å². The molecule has 3 nitrogen and oxygen atoms in total. The van der Waals surface area contributed by atoms with Crippen LogP contribution >= 0.6 is 0 Å². The lowest BCUT2D eigenvalue weighted by Gasteiger charge is -1.92. The van der Waals surface area contributed by atoms with Crippen LogP contribution in [0.15, 0.2) is 35.4 Å². The molecule has 0 bridgehead atoms. The summed E-state index contributed by atoms with van der Waals surface area (Å²) in [7, 11) is -2.95. The predicted molar refractivity (Wildman–Crippen MR) is 51.2 cm³/mol. The van der Waals surface area contributed by atoms with Crippen LogP contribution in [0.2, 0.25) is 0 Å². The van der Waals surface area contributed by atoms with Crippen molar-refractivity contribution in [3.8, 4) is 0 Å². The Kier molecular flexibility index (Phi) is 1.85. The maximum Gasteiger partial charge on any atom is 0.334 e. The minimum absolute atomic E-state index is 0.268. The molecule has 0 unspecified atom stereocenters. The Bertz CT molecular complexity index is 586. The van der Waals surface area contributed by atoms with Gasteiger partial charge in [-0.3, -0.25) is 0 Å². The summed E-state index contributed by atoms with van der Waals surface area (Å²) < 4.78 is 36.0. The number of nitrogens with zero attached hydrogens (tertiary/aromatic N) is 1. The number of benzene rings is 1. The van der Waals surface area contributed by atoms with Gasteiger partial charge in [-0.2, -0.15) is 8.42 Å². The molecule has 0 atom stereocenters. The lowest BCUT2D eigenvalue weighted by Crippen LogP contribution is -1.89. The largest absolute Gasteiger partial charge is 0.349 e. The smallest absolute Gasteiger partial charge is 0.334 e. The molecular formula is C9H8FNO2S. The highest BCUT2D eigenvalue weighted by Gasteiger charge is 2.18. The highest BCUT2D eigenvalue weighted by molar-refractivity contribution is 7.86. The van der Waals surface area contributed by atoms with Gasteiger partial charge in [-0.15, -0.1) is 3.89 Å². The van der Waals surface area contributed by atoms with Gasteiger partial charge in [-0.25, -0.2) is 0 Å². The van der Waals surface area contributed by atoms with Crippen molar-refractivity contribution < 1.29 is 12.3 Å². The van der Waals surface area contributed by atoms with E-state index in [1.54, 1.807) is 35.9 Å². The molecule has 0 amide bonds. The summed E-state index contributed by atoms with van der Waals surface area (Å²) in [6.07, 6.45) is 1.28. The van der Waals surface area contributed by atoms with Gasteiger partial charge in [-0.1, -0.05) is 18.2 Å². The van der Waals surface area contributed by atoms with Crippen LogP contribution in [-0.2, 0) is 17.3 Å². The van der Waals surface area contributed by atoms with Crippen molar-refractivity contribution in [3.63, 3.8) is 0 Å². The van der Waals surface area contributed by atoms with Crippen LogP contribution in [0.4, 0.5) is 3.89 Å². The molecule has 0 aliphatic rings. The van der Waals surface area contributed by atoms with Gasteiger partial charge in [-0.05, 0) is 6.07 Å². The van der Waals surface area contributed by atoms with E-state index in [1.807, 2.05) is 0 Å². The van der Waals surface area contributed by atoms with Gasteiger partial charge < -0.3 is 4.57 Å². The third-order valence-corrected chi connectivity index (χ3v) is 2.97. The van der Waals surface area contributed by atoms with Crippen LogP contribution in [0.5, 0.6) is 0 Å². The quantitative estimate of drug-likeness (QED) is 0.678. The van der Waals surface area contributed by atoms with Gasteiger partial charge in [0.05, 0.1) is 0 Å². The van der Waals surface area contributed by atoms with Crippen LogP contribution < -0.4 is 0 Å². The molecular weight excluding hydrogens is 205 g/mol. The summed E-state index contributed by atoms with van der Waals surface area (Å²) >= 11 is 0. The molecule has 2 rings (SSSR count). The molecule has 1 heterocycles. The maximum atomic E-state index is 12.8. The molecule has 0 spiro atoms. The maximum absolute atomic E-state index is 12.8. The van der Waals surface area contributed by atoms with Crippen molar-refractivity contribution in [3.05, 3.63) is 30.5 Å². The summed E-state index contributed by atoms with van der Waals surface area (Å²) in [4.78, 5) is -0.268. The van der Waals surface area contributed by atoms with Gasteiger partial charge in [0.15, 0.2) is 0 Å². The Balaban J connectivity index is 2.93. The fraction of sp³-hybridized carbons (Fsp3) is 0.111. The molecule has 0 radical (unpaired) electrons. The zero-order chi connectivity index (χ0) is 10.3. The highest BCUT2D eigenvalue weighted by atomic mass is 32.3. The third-order valence-electron chi connectivity index (χ3n) is 2.12. The van der Waals surface area contributed by atoms with Crippen LogP contribution in [0.1, 0.15) is 0 Å². The average Bonchev–Trinajstić information content (AvgIpc) is 2.44. The Morgan fingerprint density at radius 3 is 2.57 bits per heavy atom. The molecule has 0 aliphatic heterocycles. The zero-order valence-corrected chi connectivity index (χ0v) is 8.25. The normalized spacial score (nSPS) is 12.1. The van der Waals surface area contributed by atoms with E-state index in [0.717, 1.165) is 0 Å². The molecule has 2 aromatic rings. The topological polar surface area (TPSA) is 39.1 Å². The molecule has 0 saturated heterocycles. The zero-order valence-electron chi connectivity index (χ0n) is 7.44. The van der Waals surface area contributed by atoms with E-state index in [9.17, 15) is 12.3 Å². The monoisotopic (exact) mass is 213 g/mol. The van der Waals surface area contributed by atoms with Gasteiger partial charge in [0.25, 0.3) is 0 Å². The van der Waals surface area contributed by atoms with Gasteiger partial charge in [0.1, 0.15) is 4.90 Å². The number of hydrogen-bond acceptors (Lipinski definition) is 2. The summed E-state index contributed by atoms with van der Waals surface area (Å²) in [5.41, 5.74) is 0.698. The molecule has 74 valence electrons. The van der Waals surface area contributed by atoms with E-state index in [-0.39, 0.29) is 4.90 Å². The molecule has 0 N–H and O–H groups in total.